The van der Waals surface area contributed by atoms with E-state index in [-0.39, 0.29) is 24.0 Å². The highest BCUT2D eigenvalue weighted by Crippen LogP contribution is 2.07. The number of carbonyl (C=O) groups excluding carboxylic acids is 1. The summed E-state index contributed by atoms with van der Waals surface area (Å²) in [6.45, 7) is 3.96. The second-order valence-electron chi connectivity index (χ2n) is 4.04. The molecular formula is C11H19N3O4S. The van der Waals surface area contributed by atoms with Crippen LogP contribution in [0.3, 0.4) is 0 Å². The highest BCUT2D eigenvalue weighted by atomic mass is 32.2. The minimum atomic E-state index is -3.61. The summed E-state index contributed by atoms with van der Waals surface area (Å²) in [5, 5.41) is -0.0105. The van der Waals surface area contributed by atoms with Crippen molar-refractivity contribution in [3.05, 3.63) is 12.0 Å². The van der Waals surface area contributed by atoms with Gasteiger partial charge in [0.15, 0.2) is 5.03 Å². The summed E-state index contributed by atoms with van der Waals surface area (Å²) in [5.74, 6) is 0.294. The van der Waals surface area contributed by atoms with E-state index in [4.69, 9.17) is 4.74 Å². The topological polar surface area (TPSA) is 90.3 Å². The Bertz CT molecular complexity index is 517. The van der Waals surface area contributed by atoms with Crippen molar-refractivity contribution in [2.75, 3.05) is 13.2 Å². The fourth-order valence-corrected chi connectivity index (χ4v) is 2.51. The summed E-state index contributed by atoms with van der Waals surface area (Å²) in [5.41, 5.74) is 0. The first-order valence-electron chi connectivity index (χ1n) is 6.02. The van der Waals surface area contributed by atoms with Gasteiger partial charge in [-0.25, -0.2) is 18.1 Å². The van der Waals surface area contributed by atoms with Gasteiger partial charge in [0.05, 0.1) is 6.61 Å². The van der Waals surface area contributed by atoms with Crippen LogP contribution in [0.4, 0.5) is 0 Å². The van der Waals surface area contributed by atoms with E-state index in [1.54, 1.807) is 25.5 Å². The maximum Gasteiger partial charge on any atom is 0.305 e. The standard InChI is InChI=1S/C11H19N3O4S/c1-4-18-11(15)6-5-7-12-19(16,17)10-8-14(3)9(2)13-10/h8,12H,4-7H2,1-3H3. The summed E-state index contributed by atoms with van der Waals surface area (Å²) >= 11 is 0. The molecule has 1 N–H and O–H groups in total. The van der Waals surface area contributed by atoms with Gasteiger partial charge in [-0.15, -0.1) is 0 Å². The first-order chi connectivity index (χ1) is 8.86. The van der Waals surface area contributed by atoms with Gasteiger partial charge in [0.2, 0.25) is 0 Å². The lowest BCUT2D eigenvalue weighted by Gasteiger charge is -2.04. The van der Waals surface area contributed by atoms with Crippen molar-refractivity contribution in [2.24, 2.45) is 7.05 Å². The van der Waals surface area contributed by atoms with Gasteiger partial charge in [-0.1, -0.05) is 0 Å². The first kappa shape index (κ1) is 15.6. The molecule has 108 valence electrons. The van der Waals surface area contributed by atoms with E-state index < -0.39 is 10.0 Å². The Morgan fingerprint density at radius 2 is 2.21 bits per heavy atom. The molecule has 0 radical (unpaired) electrons. The Kier molecular flexibility index (Phi) is 5.49. The number of aromatic nitrogens is 2. The number of aryl methyl sites for hydroxylation is 2. The summed E-state index contributed by atoms with van der Waals surface area (Å²) in [6.07, 6.45) is 2.03. The summed E-state index contributed by atoms with van der Waals surface area (Å²) in [6, 6.07) is 0. The molecule has 1 aromatic rings. The molecule has 0 aromatic carbocycles. The molecule has 0 bridgehead atoms. The summed E-state index contributed by atoms with van der Waals surface area (Å²) in [4.78, 5) is 15.0. The van der Waals surface area contributed by atoms with Crippen molar-refractivity contribution in [1.29, 1.82) is 0 Å². The van der Waals surface area contributed by atoms with Gasteiger partial charge < -0.3 is 9.30 Å². The molecule has 0 atom stereocenters. The summed E-state index contributed by atoms with van der Waals surface area (Å²) in [7, 11) is -1.88. The van der Waals surface area contributed by atoms with Crippen LogP contribution in [0.1, 0.15) is 25.6 Å². The zero-order valence-electron chi connectivity index (χ0n) is 11.3. The predicted molar refractivity (Wildman–Crippen MR) is 69.0 cm³/mol. The smallest absolute Gasteiger partial charge is 0.305 e. The Balaban J connectivity index is 2.46. The number of ether oxygens (including phenoxy) is 1. The largest absolute Gasteiger partial charge is 0.466 e. The van der Waals surface area contributed by atoms with E-state index in [1.807, 2.05) is 0 Å². The number of imidazole rings is 1. The molecule has 0 unspecified atom stereocenters. The van der Waals surface area contributed by atoms with Crippen molar-refractivity contribution >= 4 is 16.0 Å². The minimum absolute atomic E-state index is 0.0105. The summed E-state index contributed by atoms with van der Waals surface area (Å²) < 4.78 is 32.5. The van der Waals surface area contributed by atoms with E-state index >= 15 is 0 Å². The third kappa shape index (κ3) is 4.64. The lowest BCUT2D eigenvalue weighted by atomic mass is 10.3. The fourth-order valence-electron chi connectivity index (χ4n) is 1.40. The average molecular weight is 289 g/mol. The molecule has 0 aliphatic carbocycles. The normalized spacial score (nSPS) is 11.5. The van der Waals surface area contributed by atoms with Gasteiger partial charge in [0, 0.05) is 26.2 Å². The van der Waals surface area contributed by atoms with E-state index in [0.717, 1.165) is 0 Å². The lowest BCUT2D eigenvalue weighted by Crippen LogP contribution is -2.25. The van der Waals surface area contributed by atoms with Crippen molar-refractivity contribution in [2.45, 2.75) is 31.7 Å². The lowest BCUT2D eigenvalue weighted by molar-refractivity contribution is -0.143. The van der Waals surface area contributed by atoms with Crippen LogP contribution in [-0.2, 0) is 26.6 Å². The highest BCUT2D eigenvalue weighted by Gasteiger charge is 2.17. The second kappa shape index (κ2) is 6.67. The van der Waals surface area contributed by atoms with Crippen LogP contribution in [0.2, 0.25) is 0 Å². The number of esters is 1. The first-order valence-corrected chi connectivity index (χ1v) is 7.50. The van der Waals surface area contributed by atoms with Gasteiger partial charge >= 0.3 is 5.97 Å². The molecule has 0 saturated carbocycles. The molecule has 1 rings (SSSR count). The number of nitrogens with zero attached hydrogens (tertiary/aromatic N) is 2. The number of nitrogens with one attached hydrogen (secondary N) is 1. The molecule has 0 aliphatic heterocycles. The van der Waals surface area contributed by atoms with Gasteiger partial charge in [0.25, 0.3) is 10.0 Å². The number of carbonyl (C=O) groups is 1. The zero-order chi connectivity index (χ0) is 14.5. The SMILES string of the molecule is CCOC(=O)CCCNS(=O)(=O)c1cn(C)c(C)n1. The molecular weight excluding hydrogens is 270 g/mol. The molecule has 19 heavy (non-hydrogen) atoms. The maximum atomic E-state index is 11.9. The van der Waals surface area contributed by atoms with Gasteiger partial charge in [-0.05, 0) is 20.3 Å². The van der Waals surface area contributed by atoms with Crippen molar-refractivity contribution in [3.8, 4) is 0 Å². The van der Waals surface area contributed by atoms with E-state index in [1.165, 1.54) is 6.20 Å². The maximum absolute atomic E-state index is 11.9. The molecule has 0 amide bonds. The van der Waals surface area contributed by atoms with E-state index in [2.05, 4.69) is 9.71 Å². The number of hydrogen-bond acceptors (Lipinski definition) is 5. The molecule has 0 fully saturated rings. The third-order valence-corrected chi connectivity index (χ3v) is 3.85. The van der Waals surface area contributed by atoms with Crippen molar-refractivity contribution < 1.29 is 17.9 Å². The monoisotopic (exact) mass is 289 g/mol. The van der Waals surface area contributed by atoms with Crippen LogP contribution in [0.15, 0.2) is 11.2 Å². The van der Waals surface area contributed by atoms with Crippen molar-refractivity contribution in [3.63, 3.8) is 0 Å². The van der Waals surface area contributed by atoms with Crippen LogP contribution >= 0.6 is 0 Å². The van der Waals surface area contributed by atoms with Gasteiger partial charge in [-0.2, -0.15) is 0 Å². The Morgan fingerprint density at radius 3 is 2.74 bits per heavy atom. The van der Waals surface area contributed by atoms with Crippen LogP contribution < -0.4 is 4.72 Å². The Morgan fingerprint density at radius 1 is 1.53 bits per heavy atom. The second-order valence-corrected chi connectivity index (χ2v) is 5.76. The van der Waals surface area contributed by atoms with Crippen LogP contribution in [0.5, 0.6) is 0 Å². The fraction of sp³-hybridized carbons (Fsp3) is 0.636. The minimum Gasteiger partial charge on any atom is -0.466 e. The Hall–Kier alpha value is -1.41. The van der Waals surface area contributed by atoms with Crippen molar-refractivity contribution in [1.82, 2.24) is 14.3 Å². The molecule has 0 spiro atoms. The molecule has 1 heterocycles. The van der Waals surface area contributed by atoms with Crippen LogP contribution in [-0.4, -0.2) is 37.1 Å². The van der Waals surface area contributed by atoms with Gasteiger partial charge in [0.1, 0.15) is 5.82 Å². The molecule has 7 nitrogen and oxygen atoms in total. The van der Waals surface area contributed by atoms with Crippen LogP contribution in [0.25, 0.3) is 0 Å². The molecule has 0 aliphatic rings. The van der Waals surface area contributed by atoms with Crippen LogP contribution in [0, 0.1) is 6.92 Å². The quantitative estimate of drug-likeness (QED) is 0.578. The van der Waals surface area contributed by atoms with Gasteiger partial charge in [-0.3, -0.25) is 4.79 Å². The number of rotatable bonds is 7. The third-order valence-electron chi connectivity index (χ3n) is 2.52. The molecule has 8 heteroatoms. The number of sulfonamides is 1. The highest BCUT2D eigenvalue weighted by molar-refractivity contribution is 7.89. The molecule has 1 aromatic heterocycles. The van der Waals surface area contributed by atoms with E-state index in [9.17, 15) is 13.2 Å². The van der Waals surface area contributed by atoms with E-state index in [0.29, 0.717) is 18.9 Å². The average Bonchev–Trinajstić information content (AvgIpc) is 2.67. The zero-order valence-corrected chi connectivity index (χ0v) is 12.2. The predicted octanol–water partition coefficient (Wildman–Crippen LogP) is 0.350. The Labute approximate surface area is 113 Å². The molecule has 0 saturated heterocycles. The number of hydrogen-bond donors (Lipinski definition) is 1.